The number of hydrogen-bond acceptors (Lipinski definition) is 0. The maximum atomic E-state index is 2.32. The molecule has 0 heterocycles. The Balaban J connectivity index is 0.000000131. The van der Waals surface area contributed by atoms with Crippen LogP contribution < -0.4 is 24.8 Å². The molecule has 12 rings (SSSR count). The number of benzene rings is 8. The quantitative estimate of drug-likeness (QED) is 0.115. The third kappa shape index (κ3) is 11.2. The third-order valence-corrected chi connectivity index (χ3v) is 13.6. The molecule has 0 radical (unpaired) electrons. The van der Waals surface area contributed by atoms with Crippen molar-refractivity contribution < 1.29 is 64.8 Å². The van der Waals surface area contributed by atoms with E-state index < -0.39 is 0 Å². The third-order valence-electron chi connectivity index (χ3n) is 11.8. The molecule has 0 amide bonds. The molecule has 4 heteroatoms. The van der Waals surface area contributed by atoms with E-state index in [9.17, 15) is 0 Å². The zero-order valence-electron chi connectivity index (χ0n) is 36.4. The van der Waals surface area contributed by atoms with Gasteiger partial charge in [0.1, 0.15) is 0 Å². The molecule has 2 aliphatic rings. The average molecular weight is 958 g/mol. The molecule has 2 aliphatic carbocycles. The predicted octanol–water partition coefficient (Wildman–Crippen LogP) is 9.72. The molecule has 0 unspecified atom stereocenters. The summed E-state index contributed by atoms with van der Waals surface area (Å²) in [6.45, 7) is 0. The van der Waals surface area contributed by atoms with Crippen LogP contribution in [0.4, 0.5) is 0 Å². The monoisotopic (exact) mass is 956 g/mol. The molecule has 10 aromatic rings. The number of fused-ring (bicyclic) bond motifs is 6. The Morgan fingerprint density at radius 1 is 0.333 bits per heavy atom. The van der Waals surface area contributed by atoms with Crippen molar-refractivity contribution in [2.75, 3.05) is 0 Å². The number of hydrogen-bond donors (Lipinski definition) is 0. The van der Waals surface area contributed by atoms with E-state index in [0.29, 0.717) is 0 Å². The molecule has 0 aromatic heterocycles. The van der Waals surface area contributed by atoms with E-state index in [-0.39, 0.29) is 24.8 Å². The van der Waals surface area contributed by atoms with E-state index in [1.54, 1.807) is 0 Å². The van der Waals surface area contributed by atoms with Crippen molar-refractivity contribution in [2.45, 2.75) is 12.8 Å². The molecule has 0 saturated heterocycles. The van der Waals surface area contributed by atoms with Gasteiger partial charge in [-0.3, -0.25) is 0 Å². The maximum absolute atomic E-state index is 2.32. The van der Waals surface area contributed by atoms with Gasteiger partial charge in [0.2, 0.25) is 0 Å². The predicted molar refractivity (Wildman–Crippen MR) is 270 cm³/mol. The van der Waals surface area contributed by atoms with Crippen LogP contribution in [0, 0.1) is 0 Å². The van der Waals surface area contributed by atoms with Crippen LogP contribution in [0.15, 0.2) is 255 Å². The Kier molecular flexibility index (Phi) is 17.2. The summed E-state index contributed by atoms with van der Waals surface area (Å²) in [5.41, 5.74) is 10.8. The molecule has 10 aromatic carbocycles. The van der Waals surface area contributed by atoms with Crippen molar-refractivity contribution in [1.29, 1.82) is 0 Å². The van der Waals surface area contributed by atoms with Gasteiger partial charge in [-0.25, -0.2) is 0 Å². The van der Waals surface area contributed by atoms with Gasteiger partial charge < -0.3 is 24.8 Å². The van der Waals surface area contributed by atoms with E-state index in [4.69, 9.17) is 0 Å². The number of allylic oxidation sites excluding steroid dienone is 8. The Morgan fingerprint density at radius 2 is 0.636 bits per heavy atom. The van der Waals surface area contributed by atoms with Gasteiger partial charge in [0.05, 0.1) is 0 Å². The number of halogens is 2. The molecule has 0 spiro atoms. The molecule has 318 valence electrons. The van der Waals surface area contributed by atoms with E-state index in [0.717, 1.165) is 12.8 Å². The Morgan fingerprint density at radius 3 is 0.955 bits per heavy atom. The standard InChI is InChI=1S/2C18H13.2C13H10.2ClH.2Ti/c2*1-2-7-13(6-1)15-10-5-11-17-16-9-4-3-8-14(16)12-18(15)17;2*1-3-7-12(8-4-1)11-13-9-5-2-6-10-13;;;;/h2*1-6,8-12H,7H2;2*1-10H;2*1H;;/q2*-1;;;;;2*+1/p-2. The van der Waals surface area contributed by atoms with Crippen molar-refractivity contribution in [3.05, 3.63) is 288 Å². The van der Waals surface area contributed by atoms with Crippen LogP contribution >= 0.6 is 0 Å². The van der Waals surface area contributed by atoms with E-state index in [1.165, 1.54) is 95.2 Å². The first kappa shape index (κ1) is 48.2. The van der Waals surface area contributed by atoms with E-state index in [2.05, 4.69) is 271 Å². The van der Waals surface area contributed by atoms with Gasteiger partial charge in [-0.1, -0.05) is 132 Å². The van der Waals surface area contributed by atoms with Gasteiger partial charge in [0.25, 0.3) is 0 Å². The summed E-state index contributed by atoms with van der Waals surface area (Å²) in [7, 11) is 0. The topological polar surface area (TPSA) is 0 Å². The van der Waals surface area contributed by atoms with Crippen molar-refractivity contribution in [1.82, 2.24) is 0 Å². The van der Waals surface area contributed by atoms with Crippen LogP contribution in [0.1, 0.15) is 46.2 Å². The normalized spacial score (nSPS) is 12.1. The van der Waals surface area contributed by atoms with Gasteiger partial charge in [0.15, 0.2) is 0 Å². The first-order chi connectivity index (χ1) is 31.6. The van der Waals surface area contributed by atoms with Crippen LogP contribution in [0.5, 0.6) is 0 Å². The minimum absolute atomic E-state index is 0. The summed E-state index contributed by atoms with van der Waals surface area (Å²) >= 11 is 4.31. The molecule has 0 atom stereocenters. The second kappa shape index (κ2) is 23.6. The van der Waals surface area contributed by atoms with Crippen LogP contribution in [0.25, 0.3) is 54.2 Å². The van der Waals surface area contributed by atoms with Crippen molar-refractivity contribution in [3.63, 3.8) is 0 Å². The molecule has 0 saturated carbocycles. The Hall–Kier alpha value is -5.79. The summed E-state index contributed by atoms with van der Waals surface area (Å²) in [4.78, 5) is 0. The average Bonchev–Trinajstić information content (AvgIpc) is 4.23. The van der Waals surface area contributed by atoms with Crippen LogP contribution in [-0.4, -0.2) is 7.62 Å². The number of rotatable bonds is 6. The van der Waals surface area contributed by atoms with E-state index in [1.807, 2.05) is 24.3 Å². The molecular formula is C62H46Cl2Ti2-2. The molecule has 0 nitrogen and oxygen atoms in total. The molecule has 0 aliphatic heterocycles. The first-order valence-electron chi connectivity index (χ1n) is 21.9. The van der Waals surface area contributed by atoms with Gasteiger partial charge in [-0.15, -0.1) is 67.4 Å². The summed E-state index contributed by atoms with van der Waals surface area (Å²) in [5.74, 6) is 0. The molecular weight excluding hydrogens is 911 g/mol. The summed E-state index contributed by atoms with van der Waals surface area (Å²) in [6, 6.07) is 77.0. The van der Waals surface area contributed by atoms with Gasteiger partial charge in [-0.2, -0.15) is 0 Å². The van der Waals surface area contributed by atoms with Crippen molar-refractivity contribution in [2.24, 2.45) is 0 Å². The van der Waals surface area contributed by atoms with Crippen LogP contribution in [-0.2, 0) is 39.9 Å². The molecule has 0 fully saturated rings. The zero-order chi connectivity index (χ0) is 43.5. The zero-order valence-corrected chi connectivity index (χ0v) is 41.1. The SMILES string of the molecule is C1=CCC(c2cccc3c2[cH-]c2ccccc23)=C1.C1=CCC(c2cccc3c2[cH-]c2ccccc23)=C1.[Cl-].[Cl-].[Ti+]=[C](c1ccccc1)c1ccccc1.[Ti+]=[C](c1ccccc1)c1ccccc1. The fraction of sp³-hybridized carbons (Fsp3) is 0.0323. The summed E-state index contributed by atoms with van der Waals surface area (Å²) in [5, 5.41) is 10.9. The molecule has 0 N–H and O–H groups in total. The van der Waals surface area contributed by atoms with Crippen molar-refractivity contribution >= 4 is 61.9 Å². The van der Waals surface area contributed by atoms with Gasteiger partial charge in [0, 0.05) is 0 Å². The van der Waals surface area contributed by atoms with Crippen LogP contribution in [0.3, 0.4) is 0 Å². The second-order valence-electron chi connectivity index (χ2n) is 15.9. The fourth-order valence-electron chi connectivity index (χ4n) is 8.57. The fourth-order valence-corrected chi connectivity index (χ4v) is 9.61. The van der Waals surface area contributed by atoms with Crippen LogP contribution in [0.2, 0.25) is 0 Å². The first-order valence-corrected chi connectivity index (χ1v) is 23.4. The van der Waals surface area contributed by atoms with Crippen molar-refractivity contribution in [3.8, 4) is 0 Å². The molecule has 66 heavy (non-hydrogen) atoms. The summed E-state index contributed by atoms with van der Waals surface area (Å²) in [6.07, 6.45) is 15.3. The Bertz CT molecular complexity index is 3020. The second-order valence-corrected chi connectivity index (χ2v) is 17.4. The summed E-state index contributed by atoms with van der Waals surface area (Å²) < 4.78 is 2.65. The van der Waals surface area contributed by atoms with Gasteiger partial charge in [-0.05, 0) is 12.8 Å². The molecule has 0 bridgehead atoms. The van der Waals surface area contributed by atoms with Gasteiger partial charge >= 0.3 is 191 Å². The Labute approximate surface area is 424 Å². The minimum atomic E-state index is 0. The van der Waals surface area contributed by atoms with E-state index >= 15 is 0 Å².